The van der Waals surface area contributed by atoms with Gasteiger partial charge < -0.3 is 15.0 Å². The van der Waals surface area contributed by atoms with Gasteiger partial charge in [-0.15, -0.1) is 0 Å². The highest BCUT2D eigenvalue weighted by Gasteiger charge is 2.50. The number of halogens is 6. The molecule has 3 aromatic rings. The van der Waals surface area contributed by atoms with Crippen molar-refractivity contribution in [2.24, 2.45) is 0 Å². The molecule has 0 aliphatic heterocycles. The number of hydrogen-bond acceptors (Lipinski definition) is 6. The molecule has 1 saturated carbocycles. The predicted octanol–water partition coefficient (Wildman–Crippen LogP) is 5.38. The first kappa shape index (κ1) is 23.6. The third-order valence-corrected chi connectivity index (χ3v) is 5.99. The maximum atomic E-state index is 12.8. The van der Waals surface area contributed by atoms with Crippen LogP contribution in [0.25, 0.3) is 11.2 Å². The quantitative estimate of drug-likeness (QED) is 0.337. The van der Waals surface area contributed by atoms with Crippen LogP contribution in [0.2, 0.25) is 0 Å². The molecule has 0 bridgehead atoms. The van der Waals surface area contributed by atoms with Crippen LogP contribution in [0.3, 0.4) is 0 Å². The second kappa shape index (κ2) is 8.67. The van der Waals surface area contributed by atoms with E-state index in [-0.39, 0.29) is 12.5 Å². The van der Waals surface area contributed by atoms with Gasteiger partial charge in [0.15, 0.2) is 5.65 Å². The van der Waals surface area contributed by atoms with Gasteiger partial charge in [-0.2, -0.15) is 31.3 Å². The van der Waals surface area contributed by atoms with Crippen molar-refractivity contribution >= 4 is 28.9 Å². The van der Waals surface area contributed by atoms with Crippen molar-refractivity contribution in [1.29, 1.82) is 0 Å². The molecule has 178 valence electrons. The van der Waals surface area contributed by atoms with Crippen LogP contribution in [0.1, 0.15) is 25.7 Å². The highest BCUT2D eigenvalue weighted by Crippen LogP contribution is 2.45. The molecule has 33 heavy (non-hydrogen) atoms. The number of nitrogen functional groups attached to an aromatic ring is 1. The maximum Gasteiger partial charge on any atom is 0.391 e. The molecule has 2 heterocycles. The number of imidazole rings is 1. The van der Waals surface area contributed by atoms with Crippen LogP contribution in [0.5, 0.6) is 0 Å². The molecule has 0 amide bonds. The highest BCUT2D eigenvalue weighted by atomic mass is 32.2. The standard InChI is InChI=1S/C20H19F6N5OS/c21-19(22,23)8-12(9-20(24,25)26)32-18(6-7-18)10-31-11-28-14-15(31)29-17(27)30-16(14)33-13-4-2-1-3-5-13/h1-5,11-12H,6-10H2,(H2,27,29,30). The number of rotatable bonds is 8. The zero-order valence-corrected chi connectivity index (χ0v) is 17.8. The van der Waals surface area contributed by atoms with Crippen molar-refractivity contribution in [2.45, 2.75) is 66.2 Å². The minimum atomic E-state index is -4.78. The maximum absolute atomic E-state index is 12.8. The molecule has 1 fully saturated rings. The van der Waals surface area contributed by atoms with E-state index in [0.29, 0.717) is 29.0 Å². The Bertz CT molecular complexity index is 1100. The second-order valence-corrected chi connectivity index (χ2v) is 8.97. The topological polar surface area (TPSA) is 78.8 Å². The fraction of sp³-hybridized carbons (Fsp3) is 0.450. The van der Waals surface area contributed by atoms with E-state index in [1.54, 1.807) is 0 Å². The Morgan fingerprint density at radius 1 is 1.03 bits per heavy atom. The molecule has 1 aliphatic rings. The van der Waals surface area contributed by atoms with Gasteiger partial charge in [0.05, 0.1) is 37.4 Å². The lowest BCUT2D eigenvalue weighted by Gasteiger charge is -2.26. The number of aromatic nitrogens is 4. The summed E-state index contributed by atoms with van der Waals surface area (Å²) in [4.78, 5) is 13.6. The predicted molar refractivity (Wildman–Crippen MR) is 108 cm³/mol. The Balaban J connectivity index is 1.57. The van der Waals surface area contributed by atoms with E-state index < -0.39 is 36.9 Å². The molecule has 0 spiro atoms. The Morgan fingerprint density at radius 2 is 1.67 bits per heavy atom. The molecule has 13 heteroatoms. The summed E-state index contributed by atoms with van der Waals surface area (Å²) < 4.78 is 84.0. The zero-order chi connectivity index (χ0) is 23.9. The van der Waals surface area contributed by atoms with Gasteiger partial charge in [-0.3, -0.25) is 0 Å². The van der Waals surface area contributed by atoms with Crippen molar-refractivity contribution in [1.82, 2.24) is 19.5 Å². The molecule has 1 aliphatic carbocycles. The van der Waals surface area contributed by atoms with E-state index in [1.165, 1.54) is 22.7 Å². The van der Waals surface area contributed by atoms with Crippen LogP contribution in [0.15, 0.2) is 46.6 Å². The van der Waals surface area contributed by atoms with Crippen LogP contribution in [-0.4, -0.2) is 43.6 Å². The summed E-state index contributed by atoms with van der Waals surface area (Å²) in [5.41, 5.74) is 5.46. The summed E-state index contributed by atoms with van der Waals surface area (Å²) in [5.74, 6) is -0.0273. The van der Waals surface area contributed by atoms with Crippen LogP contribution >= 0.6 is 11.8 Å². The lowest BCUT2D eigenvalue weighted by atomic mass is 10.1. The average molecular weight is 491 g/mol. The minimum absolute atomic E-state index is 0.00160. The SMILES string of the molecule is Nc1nc(Sc2ccccc2)c2ncn(CC3(OC(CC(F)(F)F)CC(F)(F)F)CC3)c2n1. The summed E-state index contributed by atoms with van der Waals surface area (Å²) in [5, 5.41) is 0.486. The van der Waals surface area contributed by atoms with E-state index >= 15 is 0 Å². The smallest absolute Gasteiger partial charge is 0.369 e. The Morgan fingerprint density at radius 3 is 2.24 bits per heavy atom. The lowest BCUT2D eigenvalue weighted by molar-refractivity contribution is -0.206. The molecule has 6 nitrogen and oxygen atoms in total. The van der Waals surface area contributed by atoms with Gasteiger partial charge in [0.25, 0.3) is 0 Å². The molecule has 4 rings (SSSR count). The van der Waals surface area contributed by atoms with Crippen LogP contribution < -0.4 is 5.73 Å². The first-order valence-corrected chi connectivity index (χ1v) is 10.8. The summed E-state index contributed by atoms with van der Waals surface area (Å²) >= 11 is 1.31. The first-order chi connectivity index (χ1) is 15.4. The van der Waals surface area contributed by atoms with E-state index in [4.69, 9.17) is 10.5 Å². The molecule has 0 radical (unpaired) electrons. The summed E-state index contributed by atoms with van der Waals surface area (Å²) in [6.07, 6.45) is -12.9. The third-order valence-electron chi connectivity index (χ3n) is 5.01. The minimum Gasteiger partial charge on any atom is -0.369 e. The largest absolute Gasteiger partial charge is 0.391 e. The fourth-order valence-electron chi connectivity index (χ4n) is 3.51. The number of anilines is 1. The number of nitrogens with two attached hydrogens (primary N) is 1. The molecule has 2 aromatic heterocycles. The van der Waals surface area contributed by atoms with Crippen LogP contribution in [0.4, 0.5) is 32.3 Å². The van der Waals surface area contributed by atoms with E-state index in [0.717, 1.165) is 4.90 Å². The number of hydrogen-bond donors (Lipinski definition) is 1. The third kappa shape index (κ3) is 6.28. The number of benzene rings is 1. The zero-order valence-electron chi connectivity index (χ0n) is 17.0. The molecule has 0 unspecified atom stereocenters. The van der Waals surface area contributed by atoms with Gasteiger partial charge in [0.1, 0.15) is 10.5 Å². The highest BCUT2D eigenvalue weighted by molar-refractivity contribution is 7.99. The summed E-state index contributed by atoms with van der Waals surface area (Å²) in [7, 11) is 0. The monoisotopic (exact) mass is 491 g/mol. The Hall–Kier alpha value is -2.54. The normalized spacial score (nSPS) is 16.0. The van der Waals surface area contributed by atoms with Crippen molar-refractivity contribution in [3.63, 3.8) is 0 Å². The molecule has 1 aromatic carbocycles. The van der Waals surface area contributed by atoms with Gasteiger partial charge in [-0.1, -0.05) is 30.0 Å². The van der Waals surface area contributed by atoms with Gasteiger partial charge >= 0.3 is 12.4 Å². The van der Waals surface area contributed by atoms with Gasteiger partial charge in [-0.25, -0.2) is 9.97 Å². The second-order valence-electron chi connectivity index (χ2n) is 7.91. The Labute approximate surface area is 188 Å². The number of fused-ring (bicyclic) bond motifs is 1. The fourth-order valence-corrected chi connectivity index (χ4v) is 4.41. The first-order valence-electron chi connectivity index (χ1n) is 9.94. The lowest BCUT2D eigenvalue weighted by Crippen LogP contribution is -2.34. The molecular formula is C20H19F6N5OS. The van der Waals surface area contributed by atoms with Crippen molar-refractivity contribution in [3.05, 3.63) is 36.7 Å². The van der Waals surface area contributed by atoms with Crippen LogP contribution in [-0.2, 0) is 11.3 Å². The molecule has 2 N–H and O–H groups in total. The van der Waals surface area contributed by atoms with E-state index in [1.807, 2.05) is 30.3 Å². The van der Waals surface area contributed by atoms with Gasteiger partial charge in [0.2, 0.25) is 5.95 Å². The van der Waals surface area contributed by atoms with Crippen molar-refractivity contribution in [3.8, 4) is 0 Å². The number of nitrogens with zero attached hydrogens (tertiary/aromatic N) is 4. The molecule has 0 atom stereocenters. The number of alkyl halides is 6. The summed E-state index contributed by atoms with van der Waals surface area (Å²) in [6, 6.07) is 9.33. The summed E-state index contributed by atoms with van der Waals surface area (Å²) in [6.45, 7) is 0.00160. The molecule has 0 saturated heterocycles. The van der Waals surface area contributed by atoms with E-state index in [9.17, 15) is 26.3 Å². The van der Waals surface area contributed by atoms with Gasteiger partial charge in [-0.05, 0) is 25.0 Å². The Kier molecular flexibility index (Phi) is 6.20. The van der Waals surface area contributed by atoms with Crippen LogP contribution in [0, 0.1) is 0 Å². The van der Waals surface area contributed by atoms with Crippen molar-refractivity contribution in [2.75, 3.05) is 5.73 Å². The average Bonchev–Trinajstić information content (AvgIpc) is 3.31. The molecular weight excluding hydrogens is 472 g/mol. The van der Waals surface area contributed by atoms with Crippen molar-refractivity contribution < 1.29 is 31.1 Å². The van der Waals surface area contributed by atoms with E-state index in [2.05, 4.69) is 15.0 Å². The number of ether oxygens (including phenoxy) is 1. The van der Waals surface area contributed by atoms with Gasteiger partial charge in [0, 0.05) is 4.90 Å².